The molecule has 1 aromatic heterocycles. The average molecular weight is 280 g/mol. The Morgan fingerprint density at radius 2 is 2.05 bits per heavy atom. The van der Waals surface area contributed by atoms with Gasteiger partial charge in [-0.2, -0.15) is 15.0 Å². The summed E-state index contributed by atoms with van der Waals surface area (Å²) in [6.07, 6.45) is 1.12. The number of nitrogens with one attached hydrogen (secondary N) is 1. The van der Waals surface area contributed by atoms with Gasteiger partial charge in [-0.25, -0.2) is 0 Å². The van der Waals surface area contributed by atoms with Crippen LogP contribution in [-0.2, 0) is 0 Å². The normalized spacial score (nSPS) is 20.0. The maximum atomic E-state index is 5.41. The van der Waals surface area contributed by atoms with E-state index in [9.17, 15) is 0 Å². The molecular weight excluding hydrogens is 256 g/mol. The van der Waals surface area contributed by atoms with Crippen LogP contribution < -0.4 is 15.0 Å². The van der Waals surface area contributed by atoms with E-state index in [1.807, 2.05) is 6.92 Å². The first kappa shape index (κ1) is 14.8. The molecule has 0 aromatic carbocycles. The van der Waals surface area contributed by atoms with E-state index in [0.29, 0.717) is 30.6 Å². The largest absolute Gasteiger partial charge is 0.464 e. The van der Waals surface area contributed by atoms with E-state index < -0.39 is 0 Å². The van der Waals surface area contributed by atoms with Crippen LogP contribution in [0.5, 0.6) is 6.01 Å². The molecule has 1 aromatic rings. The van der Waals surface area contributed by atoms with Gasteiger partial charge in [-0.05, 0) is 20.4 Å². The predicted octanol–water partition coefficient (Wildman–Crippen LogP) is 0.842. The third-order valence-corrected chi connectivity index (χ3v) is 3.63. The Bertz CT molecular complexity index is 441. The summed E-state index contributed by atoms with van der Waals surface area (Å²) >= 11 is 0. The third-order valence-electron chi connectivity index (χ3n) is 3.63. The molecular formula is C13H24N6O. The Kier molecular flexibility index (Phi) is 4.94. The van der Waals surface area contributed by atoms with E-state index in [1.165, 1.54) is 0 Å². The Morgan fingerprint density at radius 1 is 1.25 bits per heavy atom. The van der Waals surface area contributed by atoms with E-state index in [2.05, 4.69) is 44.0 Å². The zero-order valence-electron chi connectivity index (χ0n) is 12.8. The molecule has 20 heavy (non-hydrogen) atoms. The summed E-state index contributed by atoms with van der Waals surface area (Å²) in [5.41, 5.74) is 0. The van der Waals surface area contributed by atoms with Gasteiger partial charge in [0.05, 0.1) is 6.61 Å². The van der Waals surface area contributed by atoms with E-state index in [-0.39, 0.29) is 0 Å². The van der Waals surface area contributed by atoms with Crippen molar-refractivity contribution in [3.63, 3.8) is 0 Å². The summed E-state index contributed by atoms with van der Waals surface area (Å²) in [6.45, 7) is 7.56. The summed E-state index contributed by atoms with van der Waals surface area (Å²) in [7, 11) is 3.97. The third kappa shape index (κ3) is 3.27. The van der Waals surface area contributed by atoms with Crippen LogP contribution in [0.2, 0.25) is 0 Å². The van der Waals surface area contributed by atoms with Crippen LogP contribution in [0.25, 0.3) is 0 Å². The van der Waals surface area contributed by atoms with Gasteiger partial charge < -0.3 is 15.0 Å². The lowest BCUT2D eigenvalue weighted by molar-refractivity contribution is 0.212. The fourth-order valence-electron chi connectivity index (χ4n) is 2.36. The van der Waals surface area contributed by atoms with Gasteiger partial charge in [0, 0.05) is 32.7 Å². The first-order valence-electron chi connectivity index (χ1n) is 7.19. The number of nitrogens with zero attached hydrogens (tertiary/aromatic N) is 5. The highest BCUT2D eigenvalue weighted by Gasteiger charge is 2.25. The fourth-order valence-corrected chi connectivity index (χ4v) is 2.36. The molecule has 0 aliphatic carbocycles. The maximum absolute atomic E-state index is 5.41. The molecule has 2 heterocycles. The molecule has 2 rings (SSSR count). The van der Waals surface area contributed by atoms with E-state index in [1.54, 1.807) is 7.05 Å². The van der Waals surface area contributed by atoms with Gasteiger partial charge in [-0.15, -0.1) is 0 Å². The van der Waals surface area contributed by atoms with Crippen LogP contribution in [0.4, 0.5) is 11.9 Å². The van der Waals surface area contributed by atoms with Crippen molar-refractivity contribution in [1.29, 1.82) is 0 Å². The van der Waals surface area contributed by atoms with Crippen LogP contribution in [0.15, 0.2) is 0 Å². The highest BCUT2D eigenvalue weighted by molar-refractivity contribution is 5.38. The minimum absolute atomic E-state index is 0.383. The van der Waals surface area contributed by atoms with Crippen molar-refractivity contribution in [2.24, 2.45) is 0 Å². The highest BCUT2D eigenvalue weighted by Crippen LogP contribution is 2.19. The SMILES string of the molecule is CCOc1nc(NC)nc(N2CCN(C)C(CC)C2)n1. The number of piperazine rings is 1. The second-order valence-electron chi connectivity index (χ2n) is 4.91. The van der Waals surface area contributed by atoms with Crippen molar-refractivity contribution in [2.75, 3.05) is 50.6 Å². The summed E-state index contributed by atoms with van der Waals surface area (Å²) in [4.78, 5) is 17.7. The standard InChI is InChI=1S/C13H24N6O/c1-5-10-9-19(8-7-18(10)4)12-15-11(14-3)16-13(17-12)20-6-2/h10H,5-9H2,1-4H3,(H,14,15,16,17). The zero-order valence-corrected chi connectivity index (χ0v) is 12.8. The van der Waals surface area contributed by atoms with Gasteiger partial charge in [0.15, 0.2) is 0 Å². The molecule has 1 aliphatic heterocycles. The van der Waals surface area contributed by atoms with Gasteiger partial charge in [0.25, 0.3) is 0 Å². The van der Waals surface area contributed by atoms with Crippen LogP contribution in [0.3, 0.4) is 0 Å². The smallest absolute Gasteiger partial charge is 0.323 e. The molecule has 0 saturated carbocycles. The molecule has 1 unspecified atom stereocenters. The van der Waals surface area contributed by atoms with Crippen LogP contribution in [-0.4, -0.2) is 66.2 Å². The Balaban J connectivity index is 2.20. The monoisotopic (exact) mass is 280 g/mol. The van der Waals surface area contributed by atoms with Crippen LogP contribution in [0.1, 0.15) is 20.3 Å². The van der Waals surface area contributed by atoms with Gasteiger partial charge in [-0.1, -0.05) is 6.92 Å². The van der Waals surface area contributed by atoms with Gasteiger partial charge in [0.1, 0.15) is 0 Å². The Hall–Kier alpha value is -1.63. The highest BCUT2D eigenvalue weighted by atomic mass is 16.5. The lowest BCUT2D eigenvalue weighted by Gasteiger charge is -2.39. The molecule has 0 bridgehead atoms. The van der Waals surface area contributed by atoms with Crippen molar-refractivity contribution in [3.8, 4) is 6.01 Å². The number of aromatic nitrogens is 3. The number of rotatable bonds is 5. The average Bonchev–Trinajstić information content (AvgIpc) is 2.47. The number of hydrogen-bond acceptors (Lipinski definition) is 7. The molecule has 0 radical (unpaired) electrons. The predicted molar refractivity (Wildman–Crippen MR) is 79.5 cm³/mol. The van der Waals surface area contributed by atoms with Crippen molar-refractivity contribution in [1.82, 2.24) is 19.9 Å². The number of ether oxygens (including phenoxy) is 1. The minimum atomic E-state index is 0.383. The van der Waals surface area contributed by atoms with Gasteiger partial charge in [-0.3, -0.25) is 4.90 Å². The quantitative estimate of drug-likeness (QED) is 0.857. The topological polar surface area (TPSA) is 66.4 Å². The molecule has 1 aliphatic rings. The molecule has 1 fully saturated rings. The molecule has 7 nitrogen and oxygen atoms in total. The molecule has 1 atom stereocenters. The number of anilines is 2. The first-order chi connectivity index (χ1) is 9.67. The molecule has 1 saturated heterocycles. The molecule has 1 N–H and O–H groups in total. The molecule has 0 amide bonds. The lowest BCUT2D eigenvalue weighted by atomic mass is 10.1. The molecule has 7 heteroatoms. The van der Waals surface area contributed by atoms with Crippen LogP contribution >= 0.6 is 0 Å². The molecule has 0 spiro atoms. The number of hydrogen-bond donors (Lipinski definition) is 1. The lowest BCUT2D eigenvalue weighted by Crippen LogP contribution is -2.51. The van der Waals surface area contributed by atoms with Crippen LogP contribution in [0, 0.1) is 0 Å². The van der Waals surface area contributed by atoms with Gasteiger partial charge in [0.2, 0.25) is 11.9 Å². The van der Waals surface area contributed by atoms with Crippen molar-refractivity contribution in [2.45, 2.75) is 26.3 Å². The Labute approximate surface area is 120 Å². The van der Waals surface area contributed by atoms with Crippen molar-refractivity contribution >= 4 is 11.9 Å². The van der Waals surface area contributed by atoms with Crippen molar-refractivity contribution in [3.05, 3.63) is 0 Å². The first-order valence-corrected chi connectivity index (χ1v) is 7.19. The van der Waals surface area contributed by atoms with E-state index in [0.717, 1.165) is 26.1 Å². The minimum Gasteiger partial charge on any atom is -0.464 e. The summed E-state index contributed by atoms with van der Waals surface area (Å²) in [6, 6.07) is 0.919. The second kappa shape index (κ2) is 6.69. The molecule has 112 valence electrons. The van der Waals surface area contributed by atoms with Crippen molar-refractivity contribution < 1.29 is 4.74 Å². The number of likely N-dealkylation sites (N-methyl/N-ethyl adjacent to an activating group) is 1. The summed E-state index contributed by atoms with van der Waals surface area (Å²) in [5, 5.41) is 2.96. The fraction of sp³-hybridized carbons (Fsp3) is 0.769. The second-order valence-corrected chi connectivity index (χ2v) is 4.91. The van der Waals surface area contributed by atoms with E-state index in [4.69, 9.17) is 4.74 Å². The zero-order chi connectivity index (χ0) is 14.5. The van der Waals surface area contributed by atoms with E-state index >= 15 is 0 Å². The summed E-state index contributed by atoms with van der Waals surface area (Å²) in [5.74, 6) is 1.24. The Morgan fingerprint density at radius 3 is 2.70 bits per heavy atom. The summed E-state index contributed by atoms with van der Waals surface area (Å²) < 4.78 is 5.41. The van der Waals surface area contributed by atoms with Gasteiger partial charge >= 0.3 is 6.01 Å². The maximum Gasteiger partial charge on any atom is 0.323 e.